The van der Waals surface area contributed by atoms with Crippen molar-refractivity contribution in [3.63, 3.8) is 0 Å². The summed E-state index contributed by atoms with van der Waals surface area (Å²) in [4.78, 5) is 18.9. The number of aliphatic hydroxyl groups excluding tert-OH is 1. The molecule has 1 fully saturated rings. The Morgan fingerprint density at radius 1 is 1.38 bits per heavy atom. The summed E-state index contributed by atoms with van der Waals surface area (Å²) in [6.07, 6.45) is 7.78. The lowest BCUT2D eigenvalue weighted by atomic mass is 10.0. The number of hydrogen-bond donors (Lipinski definition) is 1. The predicted octanol–water partition coefficient (Wildman–Crippen LogP) is 3.28. The average Bonchev–Trinajstić information content (AvgIpc) is 3.49. The number of amides is 1. The number of rotatable bonds is 12. The molecule has 0 spiro atoms. The highest BCUT2D eigenvalue weighted by molar-refractivity contribution is 7.10. The molecule has 0 saturated heterocycles. The van der Waals surface area contributed by atoms with Gasteiger partial charge in [0.05, 0.1) is 25.3 Å². The van der Waals surface area contributed by atoms with Gasteiger partial charge in [0.15, 0.2) is 0 Å². The standard InChI is InChI=1S/C27H34N2O4S/c1-3-12-32-18-22(30)16-28(15-21-7-8-21)17-27(31)29-11-9-26-24(10-13-34-26)25(29)19-33-23-6-4-5-20(2)14-23/h1,4-6,10,13-14,21-22,25,30H,7-9,11-12,15-19H2,2H3/t22-,25+/m0/s1. The molecule has 1 N–H and O–H groups in total. The van der Waals surface area contributed by atoms with Gasteiger partial charge in [0.2, 0.25) is 5.91 Å². The van der Waals surface area contributed by atoms with Crippen molar-refractivity contribution in [1.82, 2.24) is 9.80 Å². The van der Waals surface area contributed by atoms with Crippen molar-refractivity contribution in [1.29, 1.82) is 0 Å². The van der Waals surface area contributed by atoms with Crippen LogP contribution in [0.1, 0.15) is 34.9 Å². The van der Waals surface area contributed by atoms with Crippen molar-refractivity contribution in [2.45, 2.75) is 38.3 Å². The van der Waals surface area contributed by atoms with Crippen LogP contribution in [0.4, 0.5) is 0 Å². The molecule has 2 atom stereocenters. The molecule has 1 aliphatic heterocycles. The van der Waals surface area contributed by atoms with Crippen LogP contribution in [0.15, 0.2) is 35.7 Å². The molecule has 0 radical (unpaired) electrons. The number of hydrogen-bond acceptors (Lipinski definition) is 6. The zero-order valence-corrected chi connectivity index (χ0v) is 20.6. The van der Waals surface area contributed by atoms with E-state index in [9.17, 15) is 9.90 Å². The molecule has 2 aliphatic rings. The second kappa shape index (κ2) is 11.9. The summed E-state index contributed by atoms with van der Waals surface area (Å²) in [5.41, 5.74) is 2.33. The first-order valence-corrected chi connectivity index (χ1v) is 12.9. The van der Waals surface area contributed by atoms with Crippen LogP contribution >= 0.6 is 11.3 Å². The number of terminal acetylenes is 1. The van der Waals surface area contributed by atoms with E-state index < -0.39 is 6.10 Å². The van der Waals surface area contributed by atoms with Gasteiger partial charge in [-0.2, -0.15) is 0 Å². The Bertz CT molecular complexity index is 997. The second-order valence-corrected chi connectivity index (χ2v) is 10.3. The molecule has 1 aromatic carbocycles. The Labute approximate surface area is 206 Å². The van der Waals surface area contributed by atoms with Crippen molar-refractivity contribution in [2.24, 2.45) is 5.92 Å². The third kappa shape index (κ3) is 6.83. The summed E-state index contributed by atoms with van der Waals surface area (Å²) in [5.74, 6) is 3.92. The molecule has 1 aliphatic carbocycles. The first-order valence-electron chi connectivity index (χ1n) is 12.0. The normalized spacial score (nSPS) is 18.4. The van der Waals surface area contributed by atoms with Crippen LogP contribution in [0.3, 0.4) is 0 Å². The van der Waals surface area contributed by atoms with Gasteiger partial charge < -0.3 is 19.5 Å². The van der Waals surface area contributed by atoms with E-state index >= 15 is 0 Å². The Balaban J connectivity index is 1.42. The van der Waals surface area contributed by atoms with Gasteiger partial charge in [-0.05, 0) is 66.8 Å². The van der Waals surface area contributed by atoms with E-state index in [0.717, 1.165) is 24.3 Å². The Kier molecular flexibility index (Phi) is 8.63. The lowest BCUT2D eigenvalue weighted by Gasteiger charge is -2.37. The summed E-state index contributed by atoms with van der Waals surface area (Å²) >= 11 is 1.75. The van der Waals surface area contributed by atoms with E-state index in [0.29, 0.717) is 25.6 Å². The lowest BCUT2D eigenvalue weighted by Crippen LogP contribution is -2.48. The highest BCUT2D eigenvalue weighted by Crippen LogP contribution is 2.34. The SMILES string of the molecule is C#CCOC[C@@H](O)CN(CC(=O)N1CCc2sccc2[C@H]1COc1cccc(C)c1)CC1CC1. The van der Waals surface area contributed by atoms with Crippen molar-refractivity contribution >= 4 is 17.2 Å². The first kappa shape index (κ1) is 24.7. The quantitative estimate of drug-likeness (QED) is 0.372. The minimum Gasteiger partial charge on any atom is -0.491 e. The number of carbonyl (C=O) groups excluding carboxylic acids is 1. The minimum atomic E-state index is -0.676. The third-order valence-electron chi connectivity index (χ3n) is 6.35. The molecular weight excluding hydrogens is 448 g/mol. The minimum absolute atomic E-state index is 0.0760. The van der Waals surface area contributed by atoms with Crippen LogP contribution in [-0.2, 0) is 16.0 Å². The molecule has 182 valence electrons. The molecule has 1 amide bonds. The van der Waals surface area contributed by atoms with Gasteiger partial charge in [0.1, 0.15) is 19.0 Å². The summed E-state index contributed by atoms with van der Waals surface area (Å²) < 4.78 is 11.4. The number of nitrogens with zero attached hydrogens (tertiary/aromatic N) is 2. The fraction of sp³-hybridized carbons (Fsp3) is 0.519. The molecule has 2 heterocycles. The van der Waals surface area contributed by atoms with Gasteiger partial charge in [-0.25, -0.2) is 0 Å². The van der Waals surface area contributed by atoms with E-state index in [1.54, 1.807) is 11.3 Å². The smallest absolute Gasteiger partial charge is 0.237 e. The molecule has 0 unspecified atom stereocenters. The number of thiophene rings is 1. The Morgan fingerprint density at radius 2 is 2.24 bits per heavy atom. The van der Waals surface area contributed by atoms with E-state index in [2.05, 4.69) is 22.3 Å². The molecule has 7 heteroatoms. The monoisotopic (exact) mass is 482 g/mol. The second-order valence-electron chi connectivity index (χ2n) is 9.29. The summed E-state index contributed by atoms with van der Waals surface area (Å²) in [5, 5.41) is 12.5. The summed E-state index contributed by atoms with van der Waals surface area (Å²) in [6.45, 7) is 4.99. The topological polar surface area (TPSA) is 62.2 Å². The molecule has 1 saturated carbocycles. The van der Waals surface area contributed by atoms with Gasteiger partial charge in [-0.1, -0.05) is 18.1 Å². The average molecular weight is 483 g/mol. The number of benzene rings is 1. The van der Waals surface area contributed by atoms with Crippen LogP contribution in [0.2, 0.25) is 0 Å². The van der Waals surface area contributed by atoms with Crippen molar-refractivity contribution in [3.8, 4) is 18.1 Å². The maximum absolute atomic E-state index is 13.6. The molecule has 0 bridgehead atoms. The Morgan fingerprint density at radius 3 is 3.00 bits per heavy atom. The summed E-state index contributed by atoms with van der Waals surface area (Å²) in [6, 6.07) is 10.0. The number of aliphatic hydroxyl groups is 1. The largest absolute Gasteiger partial charge is 0.491 e. The van der Waals surface area contributed by atoms with Gasteiger partial charge >= 0.3 is 0 Å². The van der Waals surface area contributed by atoms with Gasteiger partial charge in [-0.15, -0.1) is 17.8 Å². The first-order chi connectivity index (χ1) is 16.5. The maximum Gasteiger partial charge on any atom is 0.237 e. The maximum atomic E-state index is 13.6. The summed E-state index contributed by atoms with van der Waals surface area (Å²) in [7, 11) is 0. The number of aryl methyl sites for hydroxylation is 1. The van der Waals surface area contributed by atoms with Crippen LogP contribution in [0, 0.1) is 25.2 Å². The molecule has 6 nitrogen and oxygen atoms in total. The van der Waals surface area contributed by atoms with Crippen molar-refractivity contribution < 1.29 is 19.4 Å². The lowest BCUT2D eigenvalue weighted by molar-refractivity contribution is -0.136. The van der Waals surface area contributed by atoms with Crippen molar-refractivity contribution in [2.75, 3.05) is 46.0 Å². The van der Waals surface area contributed by atoms with Gasteiger partial charge in [0.25, 0.3) is 0 Å². The van der Waals surface area contributed by atoms with Crippen molar-refractivity contribution in [3.05, 3.63) is 51.7 Å². The molecule has 4 rings (SSSR count). The zero-order chi connectivity index (χ0) is 23.9. The van der Waals surface area contributed by atoms with Crippen LogP contribution < -0.4 is 4.74 Å². The van der Waals surface area contributed by atoms with Crippen LogP contribution in [0.25, 0.3) is 0 Å². The van der Waals surface area contributed by atoms with E-state index in [1.807, 2.05) is 36.1 Å². The highest BCUT2D eigenvalue weighted by atomic mass is 32.1. The van der Waals surface area contributed by atoms with E-state index in [4.69, 9.17) is 15.9 Å². The fourth-order valence-corrected chi connectivity index (χ4v) is 5.44. The third-order valence-corrected chi connectivity index (χ3v) is 7.35. The molecular formula is C27H34N2O4S. The van der Waals surface area contributed by atoms with Gasteiger partial charge in [-0.3, -0.25) is 9.69 Å². The van der Waals surface area contributed by atoms with Crippen LogP contribution in [-0.4, -0.2) is 72.9 Å². The predicted molar refractivity (Wildman–Crippen MR) is 134 cm³/mol. The molecule has 2 aromatic rings. The van der Waals surface area contributed by atoms with E-state index in [-0.39, 0.29) is 31.7 Å². The van der Waals surface area contributed by atoms with Crippen LogP contribution in [0.5, 0.6) is 5.75 Å². The fourth-order valence-electron chi connectivity index (χ4n) is 4.51. The zero-order valence-electron chi connectivity index (χ0n) is 19.8. The number of fused-ring (bicyclic) bond motifs is 1. The Hall–Kier alpha value is -2.37. The number of ether oxygens (including phenoxy) is 2. The number of carbonyl (C=O) groups is 1. The highest BCUT2D eigenvalue weighted by Gasteiger charge is 2.34. The van der Waals surface area contributed by atoms with E-state index in [1.165, 1.54) is 23.3 Å². The molecule has 34 heavy (non-hydrogen) atoms. The van der Waals surface area contributed by atoms with Gasteiger partial charge in [0, 0.05) is 24.5 Å². The molecule has 1 aromatic heterocycles.